The van der Waals surface area contributed by atoms with Crippen molar-refractivity contribution in [2.75, 3.05) is 0 Å². The molecule has 0 N–H and O–H groups in total. The molecule has 1 aromatic carbocycles. The topological polar surface area (TPSA) is 0 Å². The summed E-state index contributed by atoms with van der Waals surface area (Å²) in [5.74, 6) is 1.57. The average Bonchev–Trinajstić information content (AvgIpc) is 2.33. The smallest absolute Gasteiger partial charge is 0.00750 e. The van der Waals surface area contributed by atoms with Crippen LogP contribution in [0.4, 0.5) is 0 Å². The molecule has 0 nitrogen and oxygen atoms in total. The second-order valence-corrected chi connectivity index (χ2v) is 6.52. The van der Waals surface area contributed by atoms with Crippen LogP contribution in [-0.2, 0) is 5.41 Å². The Morgan fingerprint density at radius 3 is 2.06 bits per heavy atom. The van der Waals surface area contributed by atoms with Crippen molar-refractivity contribution in [1.29, 1.82) is 0 Å². The van der Waals surface area contributed by atoms with Crippen molar-refractivity contribution in [3.63, 3.8) is 0 Å². The highest BCUT2D eigenvalue weighted by Crippen LogP contribution is 2.41. The standard InChI is InChI=1S/C17H26/c1-13(2)15-5-7-16(8-6-15)17(4)11-9-14(3)10-12-17/h5-8,13-14H,9-12H2,1-4H3. The van der Waals surface area contributed by atoms with Crippen LogP contribution in [-0.4, -0.2) is 0 Å². The second-order valence-electron chi connectivity index (χ2n) is 6.52. The van der Waals surface area contributed by atoms with E-state index in [-0.39, 0.29) is 0 Å². The van der Waals surface area contributed by atoms with Gasteiger partial charge in [0.15, 0.2) is 0 Å². The number of benzene rings is 1. The molecule has 0 heteroatoms. The summed E-state index contributed by atoms with van der Waals surface area (Å²) in [6, 6.07) is 9.38. The van der Waals surface area contributed by atoms with Crippen LogP contribution in [0.3, 0.4) is 0 Å². The zero-order valence-electron chi connectivity index (χ0n) is 11.8. The summed E-state index contributed by atoms with van der Waals surface area (Å²) in [5.41, 5.74) is 3.44. The van der Waals surface area contributed by atoms with Gasteiger partial charge in [-0.05, 0) is 54.1 Å². The lowest BCUT2D eigenvalue weighted by molar-refractivity contribution is 0.261. The Hall–Kier alpha value is -0.780. The molecule has 0 aliphatic heterocycles. The predicted molar refractivity (Wildman–Crippen MR) is 75.5 cm³/mol. The Morgan fingerprint density at radius 2 is 1.59 bits per heavy atom. The van der Waals surface area contributed by atoms with Gasteiger partial charge >= 0.3 is 0 Å². The summed E-state index contributed by atoms with van der Waals surface area (Å²) in [6.45, 7) is 9.36. The van der Waals surface area contributed by atoms with E-state index in [1.165, 1.54) is 31.2 Å². The van der Waals surface area contributed by atoms with Crippen molar-refractivity contribution < 1.29 is 0 Å². The summed E-state index contributed by atoms with van der Waals surface area (Å²) in [6.07, 6.45) is 5.50. The molecule has 2 rings (SSSR count). The Bertz CT molecular complexity index is 350. The van der Waals surface area contributed by atoms with E-state index >= 15 is 0 Å². The lowest BCUT2D eigenvalue weighted by Crippen LogP contribution is -2.27. The molecule has 0 spiro atoms. The molecule has 1 saturated carbocycles. The van der Waals surface area contributed by atoms with Crippen LogP contribution in [0.5, 0.6) is 0 Å². The molecule has 1 aromatic rings. The maximum Gasteiger partial charge on any atom is -0.00750 e. The third-order valence-corrected chi connectivity index (χ3v) is 4.65. The fourth-order valence-corrected chi connectivity index (χ4v) is 2.96. The third-order valence-electron chi connectivity index (χ3n) is 4.65. The Labute approximate surface area is 106 Å². The molecule has 0 heterocycles. The zero-order valence-corrected chi connectivity index (χ0v) is 11.8. The van der Waals surface area contributed by atoms with Crippen LogP contribution >= 0.6 is 0 Å². The quantitative estimate of drug-likeness (QED) is 0.648. The molecule has 1 aliphatic carbocycles. The van der Waals surface area contributed by atoms with Crippen molar-refractivity contribution in [1.82, 2.24) is 0 Å². The lowest BCUT2D eigenvalue weighted by Gasteiger charge is -2.37. The SMILES string of the molecule is CC1CCC(C)(c2ccc(C(C)C)cc2)CC1. The first kappa shape index (κ1) is 12.7. The van der Waals surface area contributed by atoms with Gasteiger partial charge in [0.2, 0.25) is 0 Å². The van der Waals surface area contributed by atoms with E-state index in [9.17, 15) is 0 Å². The van der Waals surface area contributed by atoms with E-state index in [0.29, 0.717) is 11.3 Å². The third kappa shape index (κ3) is 2.73. The molecule has 0 aromatic heterocycles. The van der Waals surface area contributed by atoms with Crippen molar-refractivity contribution >= 4 is 0 Å². The maximum atomic E-state index is 2.45. The highest BCUT2D eigenvalue weighted by atomic mass is 14.4. The van der Waals surface area contributed by atoms with Gasteiger partial charge < -0.3 is 0 Å². The van der Waals surface area contributed by atoms with E-state index < -0.39 is 0 Å². The lowest BCUT2D eigenvalue weighted by atomic mass is 9.68. The molecule has 94 valence electrons. The summed E-state index contributed by atoms with van der Waals surface area (Å²) >= 11 is 0. The highest BCUT2D eigenvalue weighted by Gasteiger charge is 2.30. The van der Waals surface area contributed by atoms with Gasteiger partial charge in [0.25, 0.3) is 0 Å². The van der Waals surface area contributed by atoms with Crippen LogP contribution < -0.4 is 0 Å². The van der Waals surface area contributed by atoms with Crippen molar-refractivity contribution in [2.24, 2.45) is 5.92 Å². The van der Waals surface area contributed by atoms with Gasteiger partial charge in [-0.25, -0.2) is 0 Å². The zero-order chi connectivity index (χ0) is 12.5. The molecular weight excluding hydrogens is 204 g/mol. The minimum Gasteiger partial charge on any atom is -0.0625 e. The van der Waals surface area contributed by atoms with E-state index in [1.54, 1.807) is 5.56 Å². The summed E-state index contributed by atoms with van der Waals surface area (Å²) in [7, 11) is 0. The van der Waals surface area contributed by atoms with Gasteiger partial charge in [-0.2, -0.15) is 0 Å². The van der Waals surface area contributed by atoms with Crippen molar-refractivity contribution in [3.8, 4) is 0 Å². The first-order chi connectivity index (χ1) is 8.01. The van der Waals surface area contributed by atoms with E-state index in [1.807, 2.05) is 0 Å². The molecular formula is C17H26. The average molecular weight is 230 g/mol. The normalized spacial score (nSPS) is 29.6. The van der Waals surface area contributed by atoms with E-state index in [4.69, 9.17) is 0 Å². The predicted octanol–water partition coefficient (Wildman–Crippen LogP) is 5.28. The Kier molecular flexibility index (Phi) is 3.61. The number of hydrogen-bond donors (Lipinski definition) is 0. The van der Waals surface area contributed by atoms with Crippen LogP contribution in [0.25, 0.3) is 0 Å². The largest absolute Gasteiger partial charge is 0.0625 e. The Morgan fingerprint density at radius 1 is 1.06 bits per heavy atom. The minimum atomic E-state index is 0.433. The van der Waals surface area contributed by atoms with Gasteiger partial charge in [0.05, 0.1) is 0 Å². The fraction of sp³-hybridized carbons (Fsp3) is 0.647. The molecule has 1 aliphatic rings. The van der Waals surface area contributed by atoms with Crippen LogP contribution in [0.1, 0.15) is 70.4 Å². The molecule has 0 atom stereocenters. The monoisotopic (exact) mass is 230 g/mol. The molecule has 0 radical (unpaired) electrons. The molecule has 0 bridgehead atoms. The highest BCUT2D eigenvalue weighted by molar-refractivity contribution is 5.30. The van der Waals surface area contributed by atoms with E-state index in [2.05, 4.69) is 52.0 Å². The van der Waals surface area contributed by atoms with Gasteiger partial charge in [0.1, 0.15) is 0 Å². The number of rotatable bonds is 2. The fourth-order valence-electron chi connectivity index (χ4n) is 2.96. The first-order valence-electron chi connectivity index (χ1n) is 7.12. The maximum absolute atomic E-state index is 2.45. The summed E-state index contributed by atoms with van der Waals surface area (Å²) in [5, 5.41) is 0. The van der Waals surface area contributed by atoms with Crippen LogP contribution in [0.15, 0.2) is 24.3 Å². The number of hydrogen-bond acceptors (Lipinski definition) is 0. The van der Waals surface area contributed by atoms with Gasteiger partial charge in [0, 0.05) is 0 Å². The van der Waals surface area contributed by atoms with Crippen LogP contribution in [0.2, 0.25) is 0 Å². The van der Waals surface area contributed by atoms with Crippen molar-refractivity contribution in [3.05, 3.63) is 35.4 Å². The first-order valence-corrected chi connectivity index (χ1v) is 7.12. The van der Waals surface area contributed by atoms with Gasteiger partial charge in [-0.1, -0.05) is 52.0 Å². The van der Waals surface area contributed by atoms with Crippen LogP contribution in [0, 0.1) is 5.92 Å². The van der Waals surface area contributed by atoms with Crippen molar-refractivity contribution in [2.45, 2.75) is 64.7 Å². The minimum absolute atomic E-state index is 0.433. The molecule has 1 fully saturated rings. The van der Waals surface area contributed by atoms with Gasteiger partial charge in [-0.3, -0.25) is 0 Å². The second kappa shape index (κ2) is 4.84. The molecule has 0 unspecified atom stereocenters. The van der Waals surface area contributed by atoms with Gasteiger partial charge in [-0.15, -0.1) is 0 Å². The molecule has 0 saturated heterocycles. The molecule has 0 amide bonds. The summed E-state index contributed by atoms with van der Waals surface area (Å²) in [4.78, 5) is 0. The summed E-state index contributed by atoms with van der Waals surface area (Å²) < 4.78 is 0. The Balaban J connectivity index is 2.16. The molecule has 17 heavy (non-hydrogen) atoms. The van der Waals surface area contributed by atoms with E-state index in [0.717, 1.165) is 5.92 Å².